The highest BCUT2D eigenvalue weighted by molar-refractivity contribution is 5.89. The molecule has 2 aromatic carbocycles. The summed E-state index contributed by atoms with van der Waals surface area (Å²) in [5.41, 5.74) is 5.52. The minimum Gasteiger partial charge on any atom is -0.488 e. The second-order valence-electron chi connectivity index (χ2n) is 6.69. The van der Waals surface area contributed by atoms with E-state index < -0.39 is 0 Å². The van der Waals surface area contributed by atoms with Crippen molar-refractivity contribution < 1.29 is 14.9 Å². The third-order valence-electron chi connectivity index (χ3n) is 5.12. The number of fused-ring (bicyclic) bond motifs is 2. The molecule has 0 heterocycles. The molecule has 1 atom stereocenters. The fourth-order valence-electron chi connectivity index (χ4n) is 3.77. The van der Waals surface area contributed by atoms with Crippen molar-refractivity contribution in [3.63, 3.8) is 0 Å². The van der Waals surface area contributed by atoms with Crippen molar-refractivity contribution in [1.29, 1.82) is 0 Å². The molecule has 132 valence electrons. The monoisotopic (exact) mass is 346 g/mol. The van der Waals surface area contributed by atoms with Crippen molar-refractivity contribution in [2.75, 3.05) is 13.2 Å². The molecule has 0 saturated heterocycles. The normalized spacial score (nSPS) is 18.3. The van der Waals surface area contributed by atoms with Gasteiger partial charge in [0.1, 0.15) is 12.4 Å². The first-order chi connectivity index (χ1) is 12.8. The van der Waals surface area contributed by atoms with Gasteiger partial charge in [0.2, 0.25) is 0 Å². The van der Waals surface area contributed by atoms with Gasteiger partial charge < -0.3 is 14.9 Å². The lowest BCUT2D eigenvalue weighted by Crippen LogP contribution is -2.36. The molecule has 4 rings (SSSR count). The summed E-state index contributed by atoms with van der Waals surface area (Å²) < 4.78 is 6.16. The summed E-state index contributed by atoms with van der Waals surface area (Å²) in [6.07, 6.45) is 4.18. The van der Waals surface area contributed by atoms with Crippen molar-refractivity contribution in [3.8, 4) is 0 Å². The summed E-state index contributed by atoms with van der Waals surface area (Å²) in [5, 5.41) is 19.4. The van der Waals surface area contributed by atoms with Crippen LogP contribution < -0.4 is 0 Å². The molecule has 0 fully saturated rings. The molecule has 2 aliphatic carbocycles. The highest BCUT2D eigenvalue weighted by Crippen LogP contribution is 2.53. The SMILES string of the molecule is OCC(CO)C1c2ccc(-c3ccccc3)c1c2OCc1ccccc1. The number of rotatable bonds is 7. The summed E-state index contributed by atoms with van der Waals surface area (Å²) in [4.78, 5) is 0. The first kappa shape index (κ1) is 16.8. The van der Waals surface area contributed by atoms with E-state index in [9.17, 15) is 10.2 Å². The van der Waals surface area contributed by atoms with E-state index in [1.165, 1.54) is 0 Å². The van der Waals surface area contributed by atoms with Gasteiger partial charge >= 0.3 is 0 Å². The second kappa shape index (κ2) is 7.32. The van der Waals surface area contributed by atoms with Crippen LogP contribution >= 0.6 is 0 Å². The van der Waals surface area contributed by atoms with Crippen molar-refractivity contribution in [2.45, 2.75) is 6.61 Å². The number of aliphatic hydroxyl groups is 2. The van der Waals surface area contributed by atoms with Gasteiger partial charge in [-0.05, 0) is 16.7 Å². The molecule has 3 nitrogen and oxygen atoms in total. The van der Waals surface area contributed by atoms with Gasteiger partial charge in [-0.1, -0.05) is 72.8 Å². The van der Waals surface area contributed by atoms with E-state index in [-0.39, 0.29) is 25.0 Å². The minimum absolute atomic E-state index is 0.0241. The molecule has 2 N–H and O–H groups in total. The van der Waals surface area contributed by atoms with Crippen molar-refractivity contribution >= 4 is 5.57 Å². The van der Waals surface area contributed by atoms with Crippen LogP contribution in [0.15, 0.2) is 89.7 Å². The van der Waals surface area contributed by atoms with Crippen LogP contribution in [0.25, 0.3) is 5.57 Å². The Balaban J connectivity index is 1.67. The quantitative estimate of drug-likeness (QED) is 0.803. The minimum atomic E-state index is -0.201. The average molecular weight is 346 g/mol. The van der Waals surface area contributed by atoms with E-state index in [0.717, 1.165) is 33.6 Å². The van der Waals surface area contributed by atoms with Crippen LogP contribution in [0.2, 0.25) is 0 Å². The Bertz CT molecular complexity index is 859. The number of benzene rings is 2. The van der Waals surface area contributed by atoms with Gasteiger partial charge in [0.05, 0.1) is 0 Å². The van der Waals surface area contributed by atoms with Crippen molar-refractivity contribution in [2.24, 2.45) is 11.8 Å². The molecule has 0 aliphatic heterocycles. The first-order valence-electron chi connectivity index (χ1n) is 8.94. The lowest BCUT2D eigenvalue weighted by Gasteiger charge is -2.43. The fraction of sp³-hybridized carbons (Fsp3) is 0.217. The Labute approximate surface area is 153 Å². The Morgan fingerprint density at radius 2 is 1.50 bits per heavy atom. The molecule has 3 heteroatoms. The fourth-order valence-corrected chi connectivity index (χ4v) is 3.77. The van der Waals surface area contributed by atoms with Crippen molar-refractivity contribution in [3.05, 3.63) is 101 Å². The zero-order valence-corrected chi connectivity index (χ0v) is 14.5. The predicted molar refractivity (Wildman–Crippen MR) is 102 cm³/mol. The Morgan fingerprint density at radius 3 is 2.15 bits per heavy atom. The molecule has 2 bridgehead atoms. The summed E-state index contributed by atoms with van der Waals surface area (Å²) in [6, 6.07) is 20.3. The molecule has 1 unspecified atom stereocenters. The number of hydrogen-bond donors (Lipinski definition) is 2. The maximum Gasteiger partial charge on any atom is 0.128 e. The topological polar surface area (TPSA) is 49.7 Å². The Kier molecular flexibility index (Phi) is 4.74. The van der Waals surface area contributed by atoms with E-state index in [2.05, 4.69) is 24.3 Å². The predicted octanol–water partition coefficient (Wildman–Crippen LogP) is 3.71. The number of ether oxygens (including phenoxy) is 1. The third kappa shape index (κ3) is 2.90. The van der Waals surface area contributed by atoms with E-state index in [0.29, 0.717) is 6.61 Å². The number of aliphatic hydroxyl groups excluding tert-OH is 2. The molecular formula is C23H22O3. The highest BCUT2D eigenvalue weighted by Gasteiger charge is 2.44. The van der Waals surface area contributed by atoms with Crippen LogP contribution in [0.3, 0.4) is 0 Å². The molecule has 0 aromatic heterocycles. The first-order valence-corrected chi connectivity index (χ1v) is 8.94. The Hall–Kier alpha value is -2.62. The molecule has 0 radical (unpaired) electrons. The third-order valence-corrected chi connectivity index (χ3v) is 5.12. The lowest BCUT2D eigenvalue weighted by atomic mass is 9.64. The van der Waals surface area contributed by atoms with Gasteiger partial charge in [0.25, 0.3) is 0 Å². The summed E-state index contributed by atoms with van der Waals surface area (Å²) in [6.45, 7) is 0.417. The number of hydrogen-bond acceptors (Lipinski definition) is 3. The summed E-state index contributed by atoms with van der Waals surface area (Å²) in [7, 11) is 0. The molecule has 2 aliphatic rings. The van der Waals surface area contributed by atoms with Gasteiger partial charge in [-0.2, -0.15) is 0 Å². The molecule has 26 heavy (non-hydrogen) atoms. The molecule has 0 saturated carbocycles. The average Bonchev–Trinajstić information content (AvgIpc) is 2.72. The largest absolute Gasteiger partial charge is 0.488 e. The highest BCUT2D eigenvalue weighted by atomic mass is 16.5. The molecule has 0 spiro atoms. The molecule has 0 amide bonds. The van der Waals surface area contributed by atoms with E-state index in [1.807, 2.05) is 48.5 Å². The van der Waals surface area contributed by atoms with Gasteiger partial charge in [0, 0.05) is 36.2 Å². The van der Waals surface area contributed by atoms with Gasteiger partial charge in [-0.25, -0.2) is 0 Å². The maximum absolute atomic E-state index is 9.70. The maximum atomic E-state index is 9.70. The standard InChI is InChI=1S/C23H22O3/c24-13-18(14-25)21-20-12-11-19(17-9-5-2-6-10-17)22(21)23(20)26-15-16-7-3-1-4-8-16/h1-12,18,21,24-25H,13-15H2. The van der Waals surface area contributed by atoms with Crippen LogP contribution in [0.5, 0.6) is 0 Å². The van der Waals surface area contributed by atoms with Gasteiger partial charge in [-0.15, -0.1) is 0 Å². The second-order valence-corrected chi connectivity index (χ2v) is 6.69. The van der Waals surface area contributed by atoms with Crippen LogP contribution in [0, 0.1) is 11.8 Å². The van der Waals surface area contributed by atoms with Crippen molar-refractivity contribution in [1.82, 2.24) is 0 Å². The van der Waals surface area contributed by atoms with E-state index in [1.54, 1.807) is 0 Å². The van der Waals surface area contributed by atoms with Gasteiger partial charge in [0.15, 0.2) is 0 Å². The summed E-state index contributed by atoms with van der Waals surface area (Å²) in [5.74, 6) is 0.718. The van der Waals surface area contributed by atoms with Crippen LogP contribution in [0.4, 0.5) is 0 Å². The van der Waals surface area contributed by atoms with E-state index >= 15 is 0 Å². The zero-order valence-electron chi connectivity index (χ0n) is 14.5. The van der Waals surface area contributed by atoms with Crippen LogP contribution in [0.1, 0.15) is 11.1 Å². The number of allylic oxidation sites excluding steroid dienone is 5. The zero-order chi connectivity index (χ0) is 17.9. The van der Waals surface area contributed by atoms with Crippen LogP contribution in [-0.2, 0) is 11.3 Å². The van der Waals surface area contributed by atoms with Gasteiger partial charge in [-0.3, -0.25) is 0 Å². The smallest absolute Gasteiger partial charge is 0.128 e. The lowest BCUT2D eigenvalue weighted by molar-refractivity contribution is 0.108. The van der Waals surface area contributed by atoms with E-state index in [4.69, 9.17) is 4.74 Å². The molecular weight excluding hydrogens is 324 g/mol. The summed E-state index contributed by atoms with van der Waals surface area (Å²) >= 11 is 0. The molecule has 2 aromatic rings. The van der Waals surface area contributed by atoms with Crippen LogP contribution in [-0.4, -0.2) is 23.4 Å². The Morgan fingerprint density at radius 1 is 0.846 bits per heavy atom.